The first-order valence-electron chi connectivity index (χ1n) is 9.00. The van der Waals surface area contributed by atoms with Gasteiger partial charge in [-0.1, -0.05) is 54.1 Å². The predicted molar refractivity (Wildman–Crippen MR) is 110 cm³/mol. The molecule has 1 aliphatic heterocycles. The molecule has 0 fully saturated rings. The number of rotatable bonds is 3. The van der Waals surface area contributed by atoms with E-state index >= 15 is 0 Å². The number of hydrogen-bond acceptors (Lipinski definition) is 2. The Morgan fingerprint density at radius 1 is 0.731 bits per heavy atom. The summed E-state index contributed by atoms with van der Waals surface area (Å²) >= 11 is 0. The summed E-state index contributed by atoms with van der Waals surface area (Å²) in [4.78, 5) is 2.32. The van der Waals surface area contributed by atoms with Crippen molar-refractivity contribution in [2.75, 3.05) is 11.4 Å². The van der Waals surface area contributed by atoms with Gasteiger partial charge in [-0.15, -0.1) is 0 Å². The molecule has 0 unspecified atom stereocenters. The highest BCUT2D eigenvalue weighted by molar-refractivity contribution is 5.79. The second-order valence-electron chi connectivity index (χ2n) is 6.97. The Bertz CT molecular complexity index is 919. The van der Waals surface area contributed by atoms with Crippen LogP contribution in [0.15, 0.2) is 66.7 Å². The van der Waals surface area contributed by atoms with E-state index in [1.807, 2.05) is 0 Å². The number of nitrogens with zero attached hydrogens (tertiary/aromatic N) is 1. The van der Waals surface area contributed by atoms with Crippen molar-refractivity contribution >= 4 is 17.5 Å². The third-order valence-corrected chi connectivity index (χ3v) is 4.71. The van der Waals surface area contributed by atoms with Gasteiger partial charge >= 0.3 is 0 Å². The van der Waals surface area contributed by atoms with Crippen LogP contribution in [0.5, 0.6) is 11.5 Å². The van der Waals surface area contributed by atoms with E-state index in [1.54, 1.807) is 0 Å². The van der Waals surface area contributed by atoms with E-state index in [9.17, 15) is 0 Å². The standard InChI is InChI=1S/C24H23NO/c1-17-6-10-20(11-7-17)5-4-14-25-21-12-8-18(2)15-23(21)26-24-16-19(3)9-13-22(24)25/h4-13,15-16H,14H2,1-3H3/b5-4+. The first kappa shape index (κ1) is 16.5. The monoisotopic (exact) mass is 341 g/mol. The fourth-order valence-electron chi connectivity index (χ4n) is 3.27. The average Bonchev–Trinajstić information content (AvgIpc) is 2.62. The van der Waals surface area contributed by atoms with Crippen molar-refractivity contribution in [1.82, 2.24) is 0 Å². The lowest BCUT2D eigenvalue weighted by molar-refractivity contribution is 0.473. The van der Waals surface area contributed by atoms with Crippen LogP contribution in [-0.2, 0) is 0 Å². The highest BCUT2D eigenvalue weighted by Crippen LogP contribution is 2.47. The Kier molecular flexibility index (Phi) is 4.26. The number of aryl methyl sites for hydroxylation is 3. The maximum absolute atomic E-state index is 6.18. The summed E-state index contributed by atoms with van der Waals surface area (Å²) < 4.78 is 6.18. The van der Waals surface area contributed by atoms with Crippen LogP contribution in [0.4, 0.5) is 11.4 Å². The lowest BCUT2D eigenvalue weighted by Crippen LogP contribution is -2.21. The van der Waals surface area contributed by atoms with Gasteiger partial charge in [0.15, 0.2) is 11.5 Å². The largest absolute Gasteiger partial charge is 0.453 e. The summed E-state index contributed by atoms with van der Waals surface area (Å²) in [5.74, 6) is 1.85. The van der Waals surface area contributed by atoms with Gasteiger partial charge in [0.1, 0.15) is 0 Å². The van der Waals surface area contributed by atoms with E-state index in [2.05, 4.69) is 98.5 Å². The van der Waals surface area contributed by atoms with Crippen LogP contribution in [0.3, 0.4) is 0 Å². The molecule has 3 aromatic rings. The molecule has 0 aromatic heterocycles. The van der Waals surface area contributed by atoms with Crippen molar-refractivity contribution in [2.45, 2.75) is 20.8 Å². The van der Waals surface area contributed by atoms with Crippen molar-refractivity contribution in [3.63, 3.8) is 0 Å². The zero-order chi connectivity index (χ0) is 18.1. The molecule has 2 heteroatoms. The van der Waals surface area contributed by atoms with Crippen LogP contribution in [0.25, 0.3) is 6.08 Å². The zero-order valence-electron chi connectivity index (χ0n) is 15.5. The van der Waals surface area contributed by atoms with Crippen LogP contribution in [0.1, 0.15) is 22.3 Å². The molecule has 1 aliphatic rings. The summed E-state index contributed by atoms with van der Waals surface area (Å²) in [5.41, 5.74) is 7.13. The van der Waals surface area contributed by atoms with Crippen LogP contribution in [0.2, 0.25) is 0 Å². The summed E-state index contributed by atoms with van der Waals surface area (Å²) in [6.45, 7) is 7.09. The molecule has 0 atom stereocenters. The number of ether oxygens (including phenoxy) is 1. The summed E-state index contributed by atoms with van der Waals surface area (Å²) in [6, 6.07) is 21.4. The van der Waals surface area contributed by atoms with Crippen molar-refractivity contribution in [1.29, 1.82) is 0 Å². The SMILES string of the molecule is Cc1ccc(/C=C/CN2c3ccc(C)cc3Oc3cc(C)ccc32)cc1. The molecule has 0 spiro atoms. The normalized spacial score (nSPS) is 12.7. The van der Waals surface area contributed by atoms with Gasteiger partial charge in [-0.2, -0.15) is 0 Å². The highest BCUT2D eigenvalue weighted by atomic mass is 16.5. The minimum Gasteiger partial charge on any atom is -0.453 e. The van der Waals surface area contributed by atoms with Crippen LogP contribution >= 0.6 is 0 Å². The van der Waals surface area contributed by atoms with Gasteiger partial charge in [0.2, 0.25) is 0 Å². The Hall–Kier alpha value is -3.00. The quantitative estimate of drug-likeness (QED) is 0.534. The zero-order valence-corrected chi connectivity index (χ0v) is 15.5. The van der Waals surface area contributed by atoms with Gasteiger partial charge < -0.3 is 9.64 Å². The van der Waals surface area contributed by atoms with Gasteiger partial charge in [0.05, 0.1) is 11.4 Å². The lowest BCUT2D eigenvalue weighted by Gasteiger charge is -2.32. The molecule has 26 heavy (non-hydrogen) atoms. The number of fused-ring (bicyclic) bond motifs is 2. The smallest absolute Gasteiger partial charge is 0.151 e. The summed E-state index contributed by atoms with van der Waals surface area (Å²) in [5, 5.41) is 0. The molecule has 0 aliphatic carbocycles. The average molecular weight is 341 g/mol. The van der Waals surface area contributed by atoms with Gasteiger partial charge in [0.25, 0.3) is 0 Å². The molecule has 0 radical (unpaired) electrons. The highest BCUT2D eigenvalue weighted by Gasteiger charge is 2.23. The molecule has 0 saturated heterocycles. The lowest BCUT2D eigenvalue weighted by atomic mass is 10.1. The van der Waals surface area contributed by atoms with E-state index in [4.69, 9.17) is 4.74 Å². The topological polar surface area (TPSA) is 12.5 Å². The number of anilines is 2. The molecular weight excluding hydrogens is 318 g/mol. The van der Waals surface area contributed by atoms with E-state index < -0.39 is 0 Å². The van der Waals surface area contributed by atoms with E-state index in [0.29, 0.717) is 0 Å². The third kappa shape index (κ3) is 3.23. The maximum Gasteiger partial charge on any atom is 0.151 e. The van der Waals surface area contributed by atoms with E-state index in [0.717, 1.165) is 29.4 Å². The third-order valence-electron chi connectivity index (χ3n) is 4.71. The molecule has 4 rings (SSSR count). The summed E-state index contributed by atoms with van der Waals surface area (Å²) in [6.07, 6.45) is 4.39. The molecular formula is C24H23NO. The Balaban J connectivity index is 1.67. The molecule has 2 nitrogen and oxygen atoms in total. The van der Waals surface area contributed by atoms with Crippen molar-refractivity contribution in [3.05, 3.63) is 89.0 Å². The Labute approximate surface area is 155 Å². The number of benzene rings is 3. The van der Waals surface area contributed by atoms with Crippen LogP contribution < -0.4 is 9.64 Å². The van der Waals surface area contributed by atoms with Crippen molar-refractivity contribution in [3.8, 4) is 11.5 Å². The van der Waals surface area contributed by atoms with Crippen LogP contribution in [-0.4, -0.2) is 6.54 Å². The Morgan fingerprint density at radius 2 is 1.27 bits per heavy atom. The molecule has 0 saturated carbocycles. The van der Waals surface area contributed by atoms with Crippen molar-refractivity contribution in [2.24, 2.45) is 0 Å². The molecule has 0 amide bonds. The molecule has 130 valence electrons. The van der Waals surface area contributed by atoms with Gasteiger partial charge in [-0.3, -0.25) is 0 Å². The first-order valence-corrected chi connectivity index (χ1v) is 9.00. The number of hydrogen-bond donors (Lipinski definition) is 0. The molecule has 1 heterocycles. The molecule has 0 N–H and O–H groups in total. The van der Waals surface area contributed by atoms with Crippen molar-refractivity contribution < 1.29 is 4.74 Å². The van der Waals surface area contributed by atoms with Gasteiger partial charge in [0, 0.05) is 6.54 Å². The molecule has 0 bridgehead atoms. The first-order chi connectivity index (χ1) is 12.6. The van der Waals surface area contributed by atoms with E-state index in [-0.39, 0.29) is 0 Å². The molecule has 3 aromatic carbocycles. The summed E-state index contributed by atoms with van der Waals surface area (Å²) in [7, 11) is 0. The maximum atomic E-state index is 6.18. The van der Waals surface area contributed by atoms with E-state index in [1.165, 1.54) is 22.3 Å². The minimum atomic E-state index is 0.795. The fraction of sp³-hybridized carbons (Fsp3) is 0.167. The van der Waals surface area contributed by atoms with Crippen LogP contribution in [0, 0.1) is 20.8 Å². The van der Waals surface area contributed by atoms with Gasteiger partial charge in [-0.05, 0) is 61.7 Å². The predicted octanol–water partition coefficient (Wildman–Crippen LogP) is 6.57. The second-order valence-corrected chi connectivity index (χ2v) is 6.97. The Morgan fingerprint density at radius 3 is 1.85 bits per heavy atom. The minimum absolute atomic E-state index is 0.795. The fourth-order valence-corrected chi connectivity index (χ4v) is 3.27. The van der Waals surface area contributed by atoms with Gasteiger partial charge in [-0.25, -0.2) is 0 Å². The second kappa shape index (κ2) is 6.72.